The SMILES string of the molecule is CC(C)CCNC(=O)CCSCc1ccccc1. The monoisotopic (exact) mass is 265 g/mol. The van der Waals surface area contributed by atoms with Crippen molar-refractivity contribution >= 4 is 17.7 Å². The fraction of sp³-hybridized carbons (Fsp3) is 0.533. The predicted octanol–water partition coefficient (Wildman–Crippen LogP) is 3.47. The lowest BCUT2D eigenvalue weighted by Crippen LogP contribution is -2.25. The van der Waals surface area contributed by atoms with Crippen LogP contribution in [0, 0.1) is 5.92 Å². The quantitative estimate of drug-likeness (QED) is 0.729. The van der Waals surface area contributed by atoms with E-state index in [2.05, 4.69) is 43.4 Å². The van der Waals surface area contributed by atoms with Crippen LogP contribution in [0.2, 0.25) is 0 Å². The van der Waals surface area contributed by atoms with Crippen molar-refractivity contribution in [1.82, 2.24) is 5.32 Å². The summed E-state index contributed by atoms with van der Waals surface area (Å²) in [6.07, 6.45) is 1.68. The average Bonchev–Trinajstić information content (AvgIpc) is 2.35. The van der Waals surface area contributed by atoms with E-state index in [-0.39, 0.29) is 5.91 Å². The highest BCUT2D eigenvalue weighted by Crippen LogP contribution is 2.12. The number of amides is 1. The summed E-state index contributed by atoms with van der Waals surface area (Å²) >= 11 is 1.81. The summed E-state index contributed by atoms with van der Waals surface area (Å²) < 4.78 is 0. The van der Waals surface area contributed by atoms with Crippen LogP contribution in [0.25, 0.3) is 0 Å². The summed E-state index contributed by atoms with van der Waals surface area (Å²) in [4.78, 5) is 11.5. The van der Waals surface area contributed by atoms with E-state index in [9.17, 15) is 4.79 Å². The van der Waals surface area contributed by atoms with Crippen molar-refractivity contribution in [3.8, 4) is 0 Å². The van der Waals surface area contributed by atoms with Crippen LogP contribution in [0.3, 0.4) is 0 Å². The molecule has 1 N–H and O–H groups in total. The van der Waals surface area contributed by atoms with E-state index >= 15 is 0 Å². The number of benzene rings is 1. The molecule has 1 aromatic rings. The van der Waals surface area contributed by atoms with Crippen LogP contribution in [0.5, 0.6) is 0 Å². The molecule has 1 aromatic carbocycles. The second-order valence-electron chi connectivity index (χ2n) is 4.82. The summed E-state index contributed by atoms with van der Waals surface area (Å²) in [5, 5.41) is 2.96. The Morgan fingerprint density at radius 3 is 2.67 bits per heavy atom. The van der Waals surface area contributed by atoms with Gasteiger partial charge < -0.3 is 5.32 Å². The molecule has 0 aliphatic rings. The highest BCUT2D eigenvalue weighted by atomic mass is 32.2. The number of carbonyl (C=O) groups excluding carboxylic acids is 1. The molecule has 0 spiro atoms. The molecule has 1 amide bonds. The van der Waals surface area contributed by atoms with Crippen LogP contribution in [0.15, 0.2) is 30.3 Å². The van der Waals surface area contributed by atoms with Gasteiger partial charge in [0, 0.05) is 24.5 Å². The Balaban J connectivity index is 2.02. The third-order valence-corrected chi connectivity index (χ3v) is 3.66. The Labute approximate surface area is 115 Å². The minimum atomic E-state index is 0.177. The summed E-state index contributed by atoms with van der Waals surface area (Å²) in [5.74, 6) is 2.71. The van der Waals surface area contributed by atoms with E-state index in [0.29, 0.717) is 12.3 Å². The Bertz CT molecular complexity index is 338. The van der Waals surface area contributed by atoms with Gasteiger partial charge in [-0.25, -0.2) is 0 Å². The molecule has 18 heavy (non-hydrogen) atoms. The van der Waals surface area contributed by atoms with Crippen LogP contribution in [-0.2, 0) is 10.5 Å². The van der Waals surface area contributed by atoms with Crippen molar-refractivity contribution in [3.05, 3.63) is 35.9 Å². The van der Waals surface area contributed by atoms with Crippen LogP contribution in [0.1, 0.15) is 32.3 Å². The van der Waals surface area contributed by atoms with Gasteiger partial charge in [0.05, 0.1) is 0 Å². The van der Waals surface area contributed by atoms with Crippen molar-refractivity contribution in [3.63, 3.8) is 0 Å². The molecule has 1 rings (SSSR count). The van der Waals surface area contributed by atoms with Gasteiger partial charge in [0.15, 0.2) is 0 Å². The fourth-order valence-electron chi connectivity index (χ4n) is 1.52. The van der Waals surface area contributed by atoms with E-state index < -0.39 is 0 Å². The van der Waals surface area contributed by atoms with Gasteiger partial charge in [-0.15, -0.1) is 0 Å². The fourth-order valence-corrected chi connectivity index (χ4v) is 2.42. The third kappa shape index (κ3) is 7.38. The van der Waals surface area contributed by atoms with Crippen LogP contribution < -0.4 is 5.32 Å². The van der Waals surface area contributed by atoms with Crippen molar-refractivity contribution in [2.75, 3.05) is 12.3 Å². The van der Waals surface area contributed by atoms with Gasteiger partial charge in [0.25, 0.3) is 0 Å². The molecule has 0 saturated carbocycles. The lowest BCUT2D eigenvalue weighted by molar-refractivity contribution is -0.120. The number of rotatable bonds is 8. The zero-order valence-electron chi connectivity index (χ0n) is 11.3. The average molecular weight is 265 g/mol. The first kappa shape index (κ1) is 15.1. The van der Waals surface area contributed by atoms with E-state index in [1.807, 2.05) is 17.8 Å². The molecule has 0 aromatic heterocycles. The Kier molecular flexibility index (Phi) is 7.58. The molecule has 0 aliphatic carbocycles. The minimum Gasteiger partial charge on any atom is -0.356 e. The largest absolute Gasteiger partial charge is 0.356 e. The van der Waals surface area contributed by atoms with Crippen LogP contribution >= 0.6 is 11.8 Å². The van der Waals surface area contributed by atoms with Crippen molar-refractivity contribution in [2.24, 2.45) is 5.92 Å². The van der Waals surface area contributed by atoms with Gasteiger partial charge in [-0.05, 0) is 17.9 Å². The smallest absolute Gasteiger partial charge is 0.220 e. The molecule has 0 radical (unpaired) electrons. The first-order valence-corrected chi connectivity index (χ1v) is 7.72. The minimum absolute atomic E-state index is 0.177. The maximum absolute atomic E-state index is 11.5. The van der Waals surface area contributed by atoms with Crippen LogP contribution in [0.4, 0.5) is 0 Å². The molecule has 0 atom stereocenters. The number of hydrogen-bond donors (Lipinski definition) is 1. The molecule has 0 saturated heterocycles. The van der Waals surface area contributed by atoms with Gasteiger partial charge in [0.1, 0.15) is 0 Å². The normalized spacial score (nSPS) is 10.6. The zero-order valence-corrected chi connectivity index (χ0v) is 12.1. The second-order valence-corrected chi connectivity index (χ2v) is 5.93. The summed E-state index contributed by atoms with van der Waals surface area (Å²) in [7, 11) is 0. The van der Waals surface area contributed by atoms with Crippen LogP contribution in [-0.4, -0.2) is 18.2 Å². The molecule has 100 valence electrons. The van der Waals surface area contributed by atoms with E-state index in [1.165, 1.54) is 5.56 Å². The maximum Gasteiger partial charge on any atom is 0.220 e. The molecule has 2 nitrogen and oxygen atoms in total. The Morgan fingerprint density at radius 1 is 1.28 bits per heavy atom. The van der Waals surface area contributed by atoms with Gasteiger partial charge in [-0.2, -0.15) is 11.8 Å². The molecular formula is C15H23NOS. The molecule has 0 fully saturated rings. The third-order valence-electron chi connectivity index (χ3n) is 2.63. The number of nitrogens with one attached hydrogen (secondary N) is 1. The van der Waals surface area contributed by atoms with Crippen molar-refractivity contribution < 1.29 is 4.79 Å². The molecule has 0 heterocycles. The van der Waals surface area contributed by atoms with E-state index in [4.69, 9.17) is 0 Å². The predicted molar refractivity (Wildman–Crippen MR) is 79.7 cm³/mol. The maximum atomic E-state index is 11.5. The summed E-state index contributed by atoms with van der Waals surface area (Å²) in [6, 6.07) is 10.4. The first-order chi connectivity index (χ1) is 8.68. The molecule has 3 heteroatoms. The van der Waals surface area contributed by atoms with Crippen molar-refractivity contribution in [1.29, 1.82) is 0 Å². The lowest BCUT2D eigenvalue weighted by Gasteiger charge is -2.07. The number of carbonyl (C=O) groups is 1. The van der Waals surface area contributed by atoms with E-state index in [0.717, 1.165) is 24.5 Å². The summed E-state index contributed by atoms with van der Waals surface area (Å²) in [6.45, 7) is 5.14. The molecule has 0 aliphatic heterocycles. The van der Waals surface area contributed by atoms with Gasteiger partial charge in [0.2, 0.25) is 5.91 Å². The Morgan fingerprint density at radius 2 is 2.00 bits per heavy atom. The molecule has 0 unspecified atom stereocenters. The standard InChI is InChI=1S/C15H23NOS/c1-13(2)8-10-16-15(17)9-11-18-12-14-6-4-3-5-7-14/h3-7,13H,8-12H2,1-2H3,(H,16,17). The summed E-state index contributed by atoms with van der Waals surface area (Å²) in [5.41, 5.74) is 1.32. The van der Waals surface area contributed by atoms with E-state index in [1.54, 1.807) is 0 Å². The molecule has 0 bridgehead atoms. The Hall–Kier alpha value is -0.960. The highest BCUT2D eigenvalue weighted by Gasteiger charge is 2.01. The number of thioether (sulfide) groups is 1. The van der Waals surface area contributed by atoms with Gasteiger partial charge in [-0.1, -0.05) is 44.2 Å². The van der Waals surface area contributed by atoms with Gasteiger partial charge >= 0.3 is 0 Å². The second kappa shape index (κ2) is 9.03. The van der Waals surface area contributed by atoms with Crippen molar-refractivity contribution in [2.45, 2.75) is 32.4 Å². The van der Waals surface area contributed by atoms with Gasteiger partial charge in [-0.3, -0.25) is 4.79 Å². The highest BCUT2D eigenvalue weighted by molar-refractivity contribution is 7.98. The molecular weight excluding hydrogens is 242 g/mol. The topological polar surface area (TPSA) is 29.1 Å². The zero-order chi connectivity index (χ0) is 13.2. The first-order valence-electron chi connectivity index (χ1n) is 6.57. The number of hydrogen-bond acceptors (Lipinski definition) is 2. The lowest BCUT2D eigenvalue weighted by atomic mass is 10.1.